The van der Waals surface area contributed by atoms with E-state index in [1.54, 1.807) is 42.5 Å². The zero-order valence-corrected chi connectivity index (χ0v) is 25.7. The highest BCUT2D eigenvalue weighted by Crippen LogP contribution is 2.29. The van der Waals surface area contributed by atoms with Gasteiger partial charge in [-0.25, -0.2) is 8.42 Å². The fourth-order valence-electron chi connectivity index (χ4n) is 4.02. The summed E-state index contributed by atoms with van der Waals surface area (Å²) in [5, 5.41) is 3.66. The molecule has 3 aromatic rings. The van der Waals surface area contributed by atoms with Gasteiger partial charge in [-0.3, -0.25) is 13.9 Å². The molecule has 0 radical (unpaired) electrons. The van der Waals surface area contributed by atoms with Crippen LogP contribution in [-0.2, 0) is 32.6 Å². The molecule has 11 heteroatoms. The number of hydrogen-bond acceptors (Lipinski definition) is 4. The summed E-state index contributed by atoms with van der Waals surface area (Å²) in [4.78, 5) is 29.0. The maximum atomic E-state index is 14.0. The van der Waals surface area contributed by atoms with Gasteiger partial charge < -0.3 is 10.2 Å². The van der Waals surface area contributed by atoms with Gasteiger partial charge in [0, 0.05) is 33.5 Å². The summed E-state index contributed by atoms with van der Waals surface area (Å²) in [7, 11) is -3.87. The molecule has 0 heterocycles. The predicted molar refractivity (Wildman–Crippen MR) is 161 cm³/mol. The Kier molecular flexibility index (Phi) is 10.8. The average Bonchev–Trinajstić information content (AvgIpc) is 2.85. The van der Waals surface area contributed by atoms with Gasteiger partial charge in [0.25, 0.3) is 0 Å². The van der Waals surface area contributed by atoms with Gasteiger partial charge in [0.2, 0.25) is 21.8 Å². The number of rotatable bonds is 11. The van der Waals surface area contributed by atoms with Crippen molar-refractivity contribution in [1.29, 1.82) is 0 Å². The van der Waals surface area contributed by atoms with Crippen molar-refractivity contribution < 1.29 is 18.0 Å². The van der Waals surface area contributed by atoms with Gasteiger partial charge in [-0.15, -0.1) is 0 Å². The molecular formula is C28H30BrCl2N3O4S. The summed E-state index contributed by atoms with van der Waals surface area (Å²) < 4.78 is 27.2. The molecule has 0 aliphatic heterocycles. The van der Waals surface area contributed by atoms with Crippen LogP contribution in [0.2, 0.25) is 10.0 Å². The fraction of sp³-hybridized carbons (Fsp3) is 0.286. The molecule has 3 rings (SSSR count). The molecule has 0 bridgehead atoms. The van der Waals surface area contributed by atoms with Gasteiger partial charge in [-0.2, -0.15) is 0 Å². The zero-order chi connectivity index (χ0) is 28.7. The first-order valence-corrected chi connectivity index (χ1v) is 15.6. The van der Waals surface area contributed by atoms with Crippen molar-refractivity contribution >= 4 is 66.7 Å². The number of carbonyl (C=O) groups is 2. The Morgan fingerprint density at radius 1 is 0.974 bits per heavy atom. The molecule has 3 aromatic carbocycles. The topological polar surface area (TPSA) is 86.8 Å². The highest BCUT2D eigenvalue weighted by Gasteiger charge is 2.34. The zero-order valence-electron chi connectivity index (χ0n) is 21.8. The van der Waals surface area contributed by atoms with Crippen LogP contribution in [-0.4, -0.2) is 50.0 Å². The lowest BCUT2D eigenvalue weighted by atomic mass is 10.0. The molecule has 0 aliphatic rings. The third-order valence-electron chi connectivity index (χ3n) is 5.86. The molecule has 1 atom stereocenters. The van der Waals surface area contributed by atoms with E-state index in [0.29, 0.717) is 25.8 Å². The van der Waals surface area contributed by atoms with Crippen molar-refractivity contribution in [3.05, 3.63) is 98.4 Å². The van der Waals surface area contributed by atoms with E-state index in [1.807, 2.05) is 44.2 Å². The van der Waals surface area contributed by atoms with Crippen LogP contribution in [0.5, 0.6) is 0 Å². The Balaban J connectivity index is 2.09. The predicted octanol–water partition coefficient (Wildman–Crippen LogP) is 5.69. The summed E-state index contributed by atoms with van der Waals surface area (Å²) >= 11 is 15.9. The first kappa shape index (κ1) is 30.9. The van der Waals surface area contributed by atoms with Crippen LogP contribution >= 0.6 is 39.1 Å². The van der Waals surface area contributed by atoms with Crippen molar-refractivity contribution in [3.8, 4) is 0 Å². The second-order valence-electron chi connectivity index (χ2n) is 9.35. The first-order valence-electron chi connectivity index (χ1n) is 12.2. The second kappa shape index (κ2) is 13.7. The van der Waals surface area contributed by atoms with Crippen LogP contribution in [0.1, 0.15) is 25.0 Å². The van der Waals surface area contributed by atoms with Crippen molar-refractivity contribution in [2.75, 3.05) is 17.1 Å². The fourth-order valence-corrected chi connectivity index (χ4v) is 5.96. The van der Waals surface area contributed by atoms with Gasteiger partial charge in [-0.1, -0.05) is 71.7 Å². The van der Waals surface area contributed by atoms with E-state index < -0.39 is 28.5 Å². The van der Waals surface area contributed by atoms with Crippen molar-refractivity contribution in [3.63, 3.8) is 0 Å². The first-order chi connectivity index (χ1) is 18.4. The van der Waals surface area contributed by atoms with E-state index in [1.165, 1.54) is 4.90 Å². The summed E-state index contributed by atoms with van der Waals surface area (Å²) in [5.41, 5.74) is 1.72. The summed E-state index contributed by atoms with van der Waals surface area (Å²) in [6.45, 7) is 3.11. The van der Waals surface area contributed by atoms with Crippen LogP contribution in [0.25, 0.3) is 0 Å². The Labute approximate surface area is 248 Å². The molecule has 2 amide bonds. The largest absolute Gasteiger partial charge is 0.352 e. The summed E-state index contributed by atoms with van der Waals surface area (Å²) in [5.74, 6) is -0.930. The smallest absolute Gasteiger partial charge is 0.244 e. The highest BCUT2D eigenvalue weighted by molar-refractivity contribution is 9.10. The molecule has 208 valence electrons. The molecular weight excluding hydrogens is 625 g/mol. The van der Waals surface area contributed by atoms with Gasteiger partial charge in [0.15, 0.2) is 0 Å². The Hall–Kier alpha value is -2.59. The van der Waals surface area contributed by atoms with Crippen LogP contribution in [0.3, 0.4) is 0 Å². The summed E-state index contributed by atoms with van der Waals surface area (Å²) in [6.07, 6.45) is 1.25. The van der Waals surface area contributed by atoms with E-state index in [9.17, 15) is 18.0 Å². The maximum absolute atomic E-state index is 14.0. The molecule has 0 saturated carbocycles. The quantitative estimate of drug-likeness (QED) is 0.288. The number of halogens is 3. The molecule has 1 N–H and O–H groups in total. The number of hydrogen-bond donors (Lipinski definition) is 1. The lowest BCUT2D eigenvalue weighted by Crippen LogP contribution is -2.54. The number of para-hydroxylation sites is 1. The lowest BCUT2D eigenvalue weighted by Gasteiger charge is -2.34. The number of benzene rings is 3. The molecule has 7 nitrogen and oxygen atoms in total. The van der Waals surface area contributed by atoms with Gasteiger partial charge in [-0.05, 0) is 65.2 Å². The minimum atomic E-state index is -3.87. The molecule has 39 heavy (non-hydrogen) atoms. The maximum Gasteiger partial charge on any atom is 0.244 e. The normalized spacial score (nSPS) is 12.2. The van der Waals surface area contributed by atoms with Gasteiger partial charge in [0.1, 0.15) is 12.6 Å². The number of nitrogens with one attached hydrogen (secondary N) is 1. The molecule has 0 aromatic heterocycles. The Bertz CT molecular complexity index is 1420. The minimum Gasteiger partial charge on any atom is -0.352 e. The average molecular weight is 655 g/mol. The number of anilines is 1. The van der Waals surface area contributed by atoms with Crippen LogP contribution in [0.15, 0.2) is 77.3 Å². The SMILES string of the molecule is CC(C)NC(=O)C(Cc1ccccc1)N(Cc1ccc(Cl)cc1Cl)C(=O)CN(c1ccccc1Br)S(C)(=O)=O. The third-order valence-corrected chi connectivity index (χ3v) is 8.24. The number of amides is 2. The number of sulfonamides is 1. The van der Waals surface area contributed by atoms with Crippen LogP contribution in [0, 0.1) is 0 Å². The van der Waals surface area contributed by atoms with E-state index in [-0.39, 0.29) is 24.9 Å². The molecule has 0 saturated heterocycles. The van der Waals surface area contributed by atoms with E-state index in [2.05, 4.69) is 21.2 Å². The Morgan fingerprint density at radius 2 is 1.62 bits per heavy atom. The number of carbonyl (C=O) groups excluding carboxylic acids is 2. The number of nitrogens with zero attached hydrogens (tertiary/aromatic N) is 2. The molecule has 0 fully saturated rings. The minimum absolute atomic E-state index is 0.0363. The van der Waals surface area contributed by atoms with Gasteiger partial charge >= 0.3 is 0 Å². The van der Waals surface area contributed by atoms with E-state index >= 15 is 0 Å². The molecule has 0 spiro atoms. The standard InChI is InChI=1S/C28H30BrCl2N3O4S/c1-19(2)32-28(36)26(15-20-9-5-4-6-10-20)33(17-21-13-14-22(30)16-24(21)31)27(35)18-34(39(3,37)38)25-12-8-7-11-23(25)29/h4-14,16,19,26H,15,17-18H2,1-3H3,(H,32,36). The van der Waals surface area contributed by atoms with Crippen molar-refractivity contribution in [1.82, 2.24) is 10.2 Å². The van der Waals surface area contributed by atoms with Crippen molar-refractivity contribution in [2.24, 2.45) is 0 Å². The van der Waals surface area contributed by atoms with Crippen molar-refractivity contribution in [2.45, 2.75) is 38.9 Å². The third kappa shape index (κ3) is 8.70. The van der Waals surface area contributed by atoms with Crippen LogP contribution in [0.4, 0.5) is 5.69 Å². The van der Waals surface area contributed by atoms with E-state index in [0.717, 1.165) is 16.1 Å². The summed E-state index contributed by atoms with van der Waals surface area (Å²) in [6, 6.07) is 19.8. The van der Waals surface area contributed by atoms with Gasteiger partial charge in [0.05, 0.1) is 11.9 Å². The van der Waals surface area contributed by atoms with E-state index in [4.69, 9.17) is 23.2 Å². The Morgan fingerprint density at radius 3 is 2.21 bits per heavy atom. The second-order valence-corrected chi connectivity index (χ2v) is 13.0. The monoisotopic (exact) mass is 653 g/mol. The van der Waals surface area contributed by atoms with Crippen LogP contribution < -0.4 is 9.62 Å². The lowest BCUT2D eigenvalue weighted by molar-refractivity contribution is -0.140. The molecule has 1 unspecified atom stereocenters. The highest BCUT2D eigenvalue weighted by atomic mass is 79.9. The molecule has 0 aliphatic carbocycles.